The number of thiazole rings is 1. The number of anilines is 1. The van der Waals surface area contributed by atoms with Gasteiger partial charge in [0, 0.05) is 23.6 Å². The summed E-state index contributed by atoms with van der Waals surface area (Å²) in [5.74, 6) is 0.623. The van der Waals surface area contributed by atoms with E-state index in [1.807, 2.05) is 34.3 Å². The molecule has 210 valence electrons. The van der Waals surface area contributed by atoms with Crippen LogP contribution in [0, 0.1) is 11.8 Å². The second-order valence-electron chi connectivity index (χ2n) is 11.1. The highest BCUT2D eigenvalue weighted by Crippen LogP contribution is 2.46. The predicted molar refractivity (Wildman–Crippen MR) is 156 cm³/mol. The molecule has 0 bridgehead atoms. The van der Waals surface area contributed by atoms with Crippen molar-refractivity contribution in [3.63, 3.8) is 0 Å². The molecule has 2 fully saturated rings. The van der Waals surface area contributed by atoms with Gasteiger partial charge in [0.05, 0.1) is 29.8 Å². The first-order valence-corrected chi connectivity index (χ1v) is 14.9. The summed E-state index contributed by atoms with van der Waals surface area (Å²) in [4.78, 5) is 27.3. The number of benzene rings is 1. The van der Waals surface area contributed by atoms with Crippen LogP contribution in [0.2, 0.25) is 5.28 Å². The number of aliphatic hydroxyl groups is 2. The first kappa shape index (κ1) is 27.3. The summed E-state index contributed by atoms with van der Waals surface area (Å²) in [6.45, 7) is 3.72. The summed E-state index contributed by atoms with van der Waals surface area (Å²) in [5.41, 5.74) is 9.83. The molecule has 0 spiro atoms. The van der Waals surface area contributed by atoms with Crippen molar-refractivity contribution >= 4 is 45.6 Å². The minimum Gasteiger partial charge on any atom is -0.390 e. The molecule has 0 radical (unpaired) electrons. The second-order valence-corrected chi connectivity index (χ2v) is 12.3. The van der Waals surface area contributed by atoms with E-state index in [2.05, 4.69) is 27.0 Å². The van der Waals surface area contributed by atoms with E-state index in [4.69, 9.17) is 22.3 Å². The minimum absolute atomic E-state index is 0.0298. The molecule has 0 amide bonds. The quantitative estimate of drug-likeness (QED) is 0.280. The number of rotatable bonds is 7. The van der Waals surface area contributed by atoms with Crippen LogP contribution in [0.1, 0.15) is 43.5 Å². The van der Waals surface area contributed by atoms with Gasteiger partial charge < -0.3 is 20.5 Å². The van der Waals surface area contributed by atoms with E-state index in [-0.39, 0.29) is 28.7 Å². The van der Waals surface area contributed by atoms with Crippen molar-refractivity contribution in [2.45, 2.75) is 50.9 Å². The summed E-state index contributed by atoms with van der Waals surface area (Å²) in [6, 6.07) is 9.78. The molecule has 4 N–H and O–H groups in total. The van der Waals surface area contributed by atoms with Gasteiger partial charge in [0.1, 0.15) is 28.4 Å². The fourth-order valence-corrected chi connectivity index (χ4v) is 7.53. The third-order valence-corrected chi connectivity index (χ3v) is 9.51. The number of Topliss-reactive ketones (excluding diaryl/α,β-unsaturated/α-hetero) is 1. The Morgan fingerprint density at radius 2 is 1.88 bits per heavy atom. The molecule has 9 nitrogen and oxygen atoms in total. The lowest BCUT2D eigenvalue weighted by Crippen LogP contribution is -2.40. The number of aliphatic hydroxyl groups excluding tert-OH is 2. The molecule has 1 aliphatic heterocycles. The van der Waals surface area contributed by atoms with Gasteiger partial charge in [-0.2, -0.15) is 4.98 Å². The van der Waals surface area contributed by atoms with Crippen molar-refractivity contribution in [2.24, 2.45) is 11.8 Å². The normalized spacial score (nSPS) is 24.2. The molecule has 4 atom stereocenters. The zero-order valence-electron chi connectivity index (χ0n) is 22.3. The zero-order valence-corrected chi connectivity index (χ0v) is 23.9. The van der Waals surface area contributed by atoms with Crippen LogP contribution < -0.4 is 5.73 Å². The van der Waals surface area contributed by atoms with Gasteiger partial charge in [-0.05, 0) is 68.3 Å². The van der Waals surface area contributed by atoms with Crippen molar-refractivity contribution in [1.82, 2.24) is 24.4 Å². The highest BCUT2D eigenvalue weighted by atomic mass is 35.5. The molecule has 1 aromatic carbocycles. The molecule has 11 heteroatoms. The molecule has 1 saturated heterocycles. The van der Waals surface area contributed by atoms with Gasteiger partial charge in [-0.25, -0.2) is 9.97 Å². The topological polar surface area (TPSA) is 130 Å². The number of nitrogen functional groups attached to an aromatic ring is 1. The molecule has 3 aromatic heterocycles. The van der Waals surface area contributed by atoms with E-state index < -0.39 is 18.2 Å². The lowest BCUT2D eigenvalue weighted by molar-refractivity contribution is -0.118. The number of carbonyl (C=O) groups is 1. The maximum absolute atomic E-state index is 11.5. The standard InChI is InChI=1S/C29H33ClN6O3S/c1-16(37)13-35-9-7-18(8-10-35)20-12-22(25(39)24(20)38)36-14-21(23-26(31)33-29(30)34-27(23)36)28-32-19(15-40-28)11-17-5-3-2-4-6-17/h2-6,14-15,18,20,22,24-25,38-39H,7-13H2,1H3,(H2,31,33,34)/t20-,22-,24-,25+/m1/s1. The van der Waals surface area contributed by atoms with Crippen LogP contribution >= 0.6 is 22.9 Å². The summed E-state index contributed by atoms with van der Waals surface area (Å²) in [7, 11) is 0. The lowest BCUT2D eigenvalue weighted by atomic mass is 9.82. The zero-order chi connectivity index (χ0) is 28.0. The molecule has 0 unspecified atom stereocenters. The third kappa shape index (κ3) is 5.26. The number of aromatic nitrogens is 4. The number of piperidine rings is 1. The fraction of sp³-hybridized carbons (Fsp3) is 0.448. The SMILES string of the molecule is CC(=O)CN1CCC([C@H]2C[C@@H](n3cc(-c4nc(Cc5ccccc5)cs4)c4c(N)nc(Cl)nc43)[C@H](O)[C@@H]2O)CC1. The molecule has 1 aliphatic carbocycles. The average molecular weight is 581 g/mol. The van der Waals surface area contributed by atoms with Crippen LogP contribution in [0.3, 0.4) is 0 Å². The van der Waals surface area contributed by atoms with Crippen molar-refractivity contribution in [1.29, 1.82) is 0 Å². The number of carbonyl (C=O) groups excluding carboxylic acids is 1. The van der Waals surface area contributed by atoms with Crippen LogP contribution in [-0.2, 0) is 11.2 Å². The van der Waals surface area contributed by atoms with E-state index in [1.165, 1.54) is 16.9 Å². The fourth-order valence-electron chi connectivity index (χ4n) is 6.52. The molecule has 4 heterocycles. The Morgan fingerprint density at radius 3 is 2.60 bits per heavy atom. The van der Waals surface area contributed by atoms with Crippen molar-refractivity contribution < 1.29 is 15.0 Å². The van der Waals surface area contributed by atoms with Gasteiger partial charge in [-0.1, -0.05) is 30.3 Å². The van der Waals surface area contributed by atoms with Crippen LogP contribution in [0.4, 0.5) is 5.82 Å². The van der Waals surface area contributed by atoms with Crippen LogP contribution in [0.5, 0.6) is 0 Å². The van der Waals surface area contributed by atoms with E-state index in [9.17, 15) is 15.0 Å². The number of hydrogen-bond donors (Lipinski definition) is 3. The number of fused-ring (bicyclic) bond motifs is 1. The van der Waals surface area contributed by atoms with Gasteiger partial charge in [0.25, 0.3) is 0 Å². The molecular formula is C29H33ClN6O3S. The summed E-state index contributed by atoms with van der Waals surface area (Å²) >= 11 is 7.77. The molecule has 1 saturated carbocycles. The Hall–Kier alpha value is -2.89. The number of nitrogens with two attached hydrogens (primary N) is 1. The van der Waals surface area contributed by atoms with Crippen LogP contribution in [0.15, 0.2) is 41.9 Å². The molecule has 40 heavy (non-hydrogen) atoms. The highest BCUT2D eigenvalue weighted by molar-refractivity contribution is 7.13. The monoisotopic (exact) mass is 580 g/mol. The minimum atomic E-state index is -0.969. The largest absolute Gasteiger partial charge is 0.390 e. The molecule has 6 rings (SSSR count). The Balaban J connectivity index is 1.30. The maximum Gasteiger partial charge on any atom is 0.226 e. The Bertz CT molecular complexity index is 1520. The van der Waals surface area contributed by atoms with Crippen LogP contribution in [0.25, 0.3) is 21.6 Å². The molecule has 4 aromatic rings. The number of hydrogen-bond acceptors (Lipinski definition) is 9. The van der Waals surface area contributed by atoms with Gasteiger partial charge >= 0.3 is 0 Å². The number of nitrogens with zero attached hydrogens (tertiary/aromatic N) is 5. The maximum atomic E-state index is 11.5. The van der Waals surface area contributed by atoms with Gasteiger partial charge in [0.2, 0.25) is 5.28 Å². The van der Waals surface area contributed by atoms with Crippen molar-refractivity contribution in [2.75, 3.05) is 25.4 Å². The van der Waals surface area contributed by atoms with E-state index in [1.54, 1.807) is 6.92 Å². The van der Waals surface area contributed by atoms with Crippen molar-refractivity contribution in [3.8, 4) is 10.6 Å². The van der Waals surface area contributed by atoms with E-state index in [0.29, 0.717) is 30.4 Å². The van der Waals surface area contributed by atoms with Gasteiger partial charge in [-0.15, -0.1) is 11.3 Å². The second kappa shape index (κ2) is 11.2. The van der Waals surface area contributed by atoms with E-state index >= 15 is 0 Å². The summed E-state index contributed by atoms with van der Waals surface area (Å²) in [5, 5.41) is 26.0. The van der Waals surface area contributed by atoms with Gasteiger partial charge in [0.15, 0.2) is 0 Å². The number of halogens is 1. The van der Waals surface area contributed by atoms with Crippen LogP contribution in [-0.4, -0.2) is 72.3 Å². The Morgan fingerprint density at radius 1 is 1.12 bits per heavy atom. The third-order valence-electron chi connectivity index (χ3n) is 8.42. The highest BCUT2D eigenvalue weighted by Gasteiger charge is 2.46. The Kier molecular flexibility index (Phi) is 7.62. The number of likely N-dealkylation sites (tertiary alicyclic amines) is 1. The first-order chi connectivity index (χ1) is 19.3. The summed E-state index contributed by atoms with van der Waals surface area (Å²) in [6.07, 6.45) is 3.18. The lowest BCUT2D eigenvalue weighted by Gasteiger charge is -2.35. The van der Waals surface area contributed by atoms with Crippen molar-refractivity contribution in [3.05, 3.63) is 58.4 Å². The molecule has 2 aliphatic rings. The summed E-state index contributed by atoms with van der Waals surface area (Å²) < 4.78 is 1.91. The average Bonchev–Trinajstić information content (AvgIpc) is 3.61. The first-order valence-electron chi connectivity index (χ1n) is 13.7. The van der Waals surface area contributed by atoms with Gasteiger partial charge in [-0.3, -0.25) is 9.69 Å². The predicted octanol–water partition coefficient (Wildman–Crippen LogP) is 3.97. The number of ketones is 1. The smallest absolute Gasteiger partial charge is 0.226 e. The molecular weight excluding hydrogens is 548 g/mol. The van der Waals surface area contributed by atoms with E-state index in [0.717, 1.165) is 42.2 Å². The Labute approximate surface area is 241 Å².